The molecule has 1 aromatic heterocycles. The van der Waals surface area contributed by atoms with E-state index in [0.717, 1.165) is 5.57 Å². The maximum Gasteiger partial charge on any atom is 0.308 e. The number of hydrogen-bond donors (Lipinski definition) is 3. The fourth-order valence-electron chi connectivity index (χ4n) is 3.52. The van der Waals surface area contributed by atoms with Crippen molar-refractivity contribution in [3.63, 3.8) is 0 Å². The van der Waals surface area contributed by atoms with Crippen LogP contribution < -0.4 is 5.73 Å². The third-order valence-electron chi connectivity index (χ3n) is 4.75. The Labute approximate surface area is 144 Å². The number of primary amides is 1. The lowest BCUT2D eigenvalue weighted by Crippen LogP contribution is -2.38. The van der Waals surface area contributed by atoms with Gasteiger partial charge in [0.25, 0.3) is 5.91 Å². The van der Waals surface area contributed by atoms with Gasteiger partial charge in [0.05, 0.1) is 12.0 Å². The van der Waals surface area contributed by atoms with Gasteiger partial charge in [0.2, 0.25) is 5.82 Å². The second-order valence-corrected chi connectivity index (χ2v) is 6.78. The molecule has 5 atom stereocenters. The Morgan fingerprint density at radius 1 is 1.36 bits per heavy atom. The number of aliphatic hydroxyl groups is 2. The van der Waals surface area contributed by atoms with E-state index in [1.807, 2.05) is 6.08 Å². The van der Waals surface area contributed by atoms with Crippen LogP contribution in [-0.2, 0) is 9.53 Å². The molecular weight excluding hydrogens is 328 g/mol. The maximum atomic E-state index is 12.0. The number of esters is 1. The number of nitrogens with two attached hydrogens (primary N) is 1. The highest BCUT2D eigenvalue weighted by molar-refractivity contribution is 5.88. The lowest BCUT2D eigenvalue weighted by molar-refractivity contribution is -0.158. The summed E-state index contributed by atoms with van der Waals surface area (Å²) in [5.74, 6) is -2.07. The van der Waals surface area contributed by atoms with Crippen LogP contribution in [0.3, 0.4) is 0 Å². The van der Waals surface area contributed by atoms with Gasteiger partial charge in [-0.2, -0.15) is 0 Å². The van der Waals surface area contributed by atoms with Crippen LogP contribution in [0.5, 0.6) is 0 Å². The topological polar surface area (TPSA) is 141 Å². The molecule has 3 rings (SSSR count). The first-order valence-corrected chi connectivity index (χ1v) is 8.28. The molecule has 0 spiro atoms. The standard InChI is InChI=1S/C16H22N4O5/c1-7(2)16(24)25-9-5-3-4-8-10(9)12(21)13(22)11(8)20-6-18-15(19-20)14(17)23/h4,6-7,9-13,21-22H,3,5H2,1-2H3,(H2,17,23)/t9-,10-,11-,12-,13+/m1/s1. The summed E-state index contributed by atoms with van der Waals surface area (Å²) in [6, 6.07) is -0.679. The third kappa shape index (κ3) is 3.05. The minimum Gasteiger partial charge on any atom is -0.461 e. The van der Waals surface area contributed by atoms with Crippen LogP contribution in [0.25, 0.3) is 0 Å². The van der Waals surface area contributed by atoms with Crippen LogP contribution in [0.2, 0.25) is 0 Å². The molecule has 4 N–H and O–H groups in total. The molecule has 0 aromatic carbocycles. The SMILES string of the molecule is CC(C)C(=O)O[C@@H]1CCC=C2[C@H]1[C@@H](O)[C@@H](O)[C@@H]2n1cnc(C(N)=O)n1. The summed E-state index contributed by atoms with van der Waals surface area (Å²) in [6.45, 7) is 3.48. The van der Waals surface area contributed by atoms with E-state index in [2.05, 4.69) is 10.1 Å². The van der Waals surface area contributed by atoms with E-state index in [4.69, 9.17) is 10.5 Å². The van der Waals surface area contributed by atoms with Gasteiger partial charge >= 0.3 is 5.97 Å². The molecule has 0 aliphatic heterocycles. The van der Waals surface area contributed by atoms with Crippen molar-refractivity contribution in [3.8, 4) is 0 Å². The van der Waals surface area contributed by atoms with Crippen molar-refractivity contribution in [2.24, 2.45) is 17.6 Å². The number of hydrogen-bond acceptors (Lipinski definition) is 7. The normalized spacial score (nSPS) is 31.6. The van der Waals surface area contributed by atoms with Gasteiger partial charge in [0.15, 0.2) is 0 Å². The van der Waals surface area contributed by atoms with E-state index < -0.39 is 36.2 Å². The van der Waals surface area contributed by atoms with Crippen molar-refractivity contribution in [1.29, 1.82) is 0 Å². The number of carbonyl (C=O) groups excluding carboxylic acids is 2. The summed E-state index contributed by atoms with van der Waals surface area (Å²) in [4.78, 5) is 27.0. The average molecular weight is 350 g/mol. The summed E-state index contributed by atoms with van der Waals surface area (Å²) in [5.41, 5.74) is 5.89. The number of ether oxygens (including phenoxy) is 1. The molecule has 9 nitrogen and oxygen atoms in total. The predicted molar refractivity (Wildman–Crippen MR) is 85.1 cm³/mol. The zero-order valence-corrected chi connectivity index (χ0v) is 14.1. The molecule has 0 bridgehead atoms. The third-order valence-corrected chi connectivity index (χ3v) is 4.75. The number of nitrogens with zero attached hydrogens (tertiary/aromatic N) is 3. The number of allylic oxidation sites excluding steroid dienone is 1. The molecule has 1 fully saturated rings. The molecule has 1 heterocycles. The first kappa shape index (κ1) is 17.6. The molecule has 1 amide bonds. The minimum absolute atomic E-state index is 0.163. The number of aliphatic hydroxyl groups excluding tert-OH is 2. The van der Waals surface area contributed by atoms with Crippen molar-refractivity contribution in [1.82, 2.24) is 14.8 Å². The van der Waals surface area contributed by atoms with E-state index in [9.17, 15) is 19.8 Å². The van der Waals surface area contributed by atoms with Gasteiger partial charge < -0.3 is 20.7 Å². The van der Waals surface area contributed by atoms with Gasteiger partial charge in [-0.25, -0.2) is 9.67 Å². The second-order valence-electron chi connectivity index (χ2n) is 6.78. The van der Waals surface area contributed by atoms with Gasteiger partial charge in [-0.05, 0) is 18.4 Å². The van der Waals surface area contributed by atoms with Crippen LogP contribution in [0, 0.1) is 11.8 Å². The minimum atomic E-state index is -1.16. The highest BCUT2D eigenvalue weighted by Crippen LogP contribution is 2.46. The van der Waals surface area contributed by atoms with Crippen molar-refractivity contribution in [2.75, 3.05) is 0 Å². The first-order valence-electron chi connectivity index (χ1n) is 8.28. The van der Waals surface area contributed by atoms with Crippen molar-refractivity contribution in [2.45, 2.75) is 51.0 Å². The summed E-state index contributed by atoms with van der Waals surface area (Å²) in [5, 5.41) is 25.0. The van der Waals surface area contributed by atoms with Gasteiger partial charge in [-0.15, -0.1) is 5.10 Å². The molecule has 25 heavy (non-hydrogen) atoms. The second kappa shape index (κ2) is 6.57. The molecule has 0 unspecified atom stereocenters. The Balaban J connectivity index is 1.89. The fraction of sp³-hybridized carbons (Fsp3) is 0.625. The van der Waals surface area contributed by atoms with Gasteiger partial charge in [0.1, 0.15) is 24.6 Å². The zero-order chi connectivity index (χ0) is 18.3. The lowest BCUT2D eigenvalue weighted by Gasteiger charge is -2.31. The maximum absolute atomic E-state index is 12.0. The van der Waals surface area contributed by atoms with E-state index in [1.54, 1.807) is 13.8 Å². The number of carbonyl (C=O) groups is 2. The number of aromatic nitrogens is 3. The highest BCUT2D eigenvalue weighted by Gasteiger charge is 2.52. The summed E-state index contributed by atoms with van der Waals surface area (Å²) in [6.07, 6.45) is 1.67. The van der Waals surface area contributed by atoms with E-state index in [-0.39, 0.29) is 17.7 Å². The molecule has 136 valence electrons. The number of fused-ring (bicyclic) bond motifs is 1. The smallest absolute Gasteiger partial charge is 0.308 e. The Bertz CT molecular complexity index is 713. The van der Waals surface area contributed by atoms with Crippen LogP contribution in [0.1, 0.15) is 43.3 Å². The Morgan fingerprint density at radius 2 is 2.08 bits per heavy atom. The summed E-state index contributed by atoms with van der Waals surface area (Å²) < 4.78 is 6.87. The molecule has 1 saturated carbocycles. The number of amides is 1. The van der Waals surface area contributed by atoms with E-state index >= 15 is 0 Å². The average Bonchev–Trinajstić information content (AvgIpc) is 3.12. The lowest BCUT2D eigenvalue weighted by atomic mass is 9.85. The zero-order valence-electron chi connectivity index (χ0n) is 14.1. The van der Waals surface area contributed by atoms with Crippen LogP contribution >= 0.6 is 0 Å². The first-order chi connectivity index (χ1) is 11.8. The molecule has 0 saturated heterocycles. The van der Waals surface area contributed by atoms with E-state index in [0.29, 0.717) is 12.8 Å². The van der Waals surface area contributed by atoms with Crippen molar-refractivity contribution in [3.05, 3.63) is 23.8 Å². The Morgan fingerprint density at radius 3 is 2.68 bits per heavy atom. The van der Waals surface area contributed by atoms with Crippen LogP contribution in [0.4, 0.5) is 0 Å². The molecule has 1 aromatic rings. The quantitative estimate of drug-likeness (QED) is 0.494. The van der Waals surface area contributed by atoms with Crippen molar-refractivity contribution >= 4 is 11.9 Å². The van der Waals surface area contributed by atoms with Crippen molar-refractivity contribution < 1.29 is 24.5 Å². The van der Waals surface area contributed by atoms with E-state index in [1.165, 1.54) is 11.0 Å². The highest BCUT2D eigenvalue weighted by atomic mass is 16.5. The molecular formula is C16H22N4O5. The molecule has 2 aliphatic carbocycles. The Kier molecular flexibility index (Phi) is 4.61. The Hall–Kier alpha value is -2.26. The summed E-state index contributed by atoms with van der Waals surface area (Å²) in [7, 11) is 0. The van der Waals surface area contributed by atoms with Gasteiger partial charge in [-0.3, -0.25) is 9.59 Å². The molecule has 2 aliphatic rings. The van der Waals surface area contributed by atoms with Crippen LogP contribution in [0.15, 0.2) is 18.0 Å². The molecule has 0 radical (unpaired) electrons. The number of rotatable bonds is 4. The fourth-order valence-corrected chi connectivity index (χ4v) is 3.52. The van der Waals surface area contributed by atoms with Gasteiger partial charge in [0, 0.05) is 5.92 Å². The monoisotopic (exact) mass is 350 g/mol. The van der Waals surface area contributed by atoms with Gasteiger partial charge in [-0.1, -0.05) is 19.9 Å². The summed E-state index contributed by atoms with van der Waals surface area (Å²) >= 11 is 0. The predicted octanol–water partition coefficient (Wildman–Crippen LogP) is -0.442. The largest absolute Gasteiger partial charge is 0.461 e. The van der Waals surface area contributed by atoms with Crippen LogP contribution in [-0.4, -0.2) is 55.2 Å². The molecule has 9 heteroatoms.